The normalized spacial score (nSPS) is 12.5. The molecule has 0 bridgehead atoms. The van der Waals surface area contributed by atoms with Crippen LogP contribution in [0.3, 0.4) is 0 Å². The number of halogens is 1. The maximum Gasteiger partial charge on any atom is 0.244 e. The van der Waals surface area contributed by atoms with Gasteiger partial charge in [0.1, 0.15) is 0 Å². The third-order valence-corrected chi connectivity index (χ3v) is 3.71. The van der Waals surface area contributed by atoms with Gasteiger partial charge in [-0.2, -0.15) is 0 Å². The van der Waals surface area contributed by atoms with Crippen LogP contribution in [0.1, 0.15) is 23.8 Å². The molecule has 0 aliphatic rings. The molecule has 2 N–H and O–H groups in total. The summed E-state index contributed by atoms with van der Waals surface area (Å²) >= 11 is 6.01. The number of benzene rings is 1. The number of hydrogen-bond acceptors (Lipinski definition) is 2. The van der Waals surface area contributed by atoms with E-state index in [0.29, 0.717) is 18.0 Å². The van der Waals surface area contributed by atoms with E-state index in [9.17, 15) is 9.90 Å². The number of aromatic nitrogens is 1. The first kappa shape index (κ1) is 16.3. The second-order valence-electron chi connectivity index (χ2n) is 4.99. The van der Waals surface area contributed by atoms with E-state index >= 15 is 0 Å². The molecule has 4 nitrogen and oxygen atoms in total. The number of nitrogens with zero attached hydrogens (tertiary/aromatic N) is 1. The number of amides is 1. The van der Waals surface area contributed by atoms with Crippen molar-refractivity contribution in [2.75, 3.05) is 6.54 Å². The minimum atomic E-state index is -0.590. The molecule has 1 heterocycles. The molecule has 2 aromatic rings. The lowest BCUT2D eigenvalue weighted by Crippen LogP contribution is -2.23. The predicted octanol–water partition coefficient (Wildman–Crippen LogP) is 2.93. The van der Waals surface area contributed by atoms with Gasteiger partial charge in [-0.3, -0.25) is 4.79 Å². The summed E-state index contributed by atoms with van der Waals surface area (Å²) in [5.41, 5.74) is 1.63. The van der Waals surface area contributed by atoms with Crippen molar-refractivity contribution in [3.8, 4) is 0 Å². The fourth-order valence-corrected chi connectivity index (χ4v) is 2.33. The van der Waals surface area contributed by atoms with Crippen molar-refractivity contribution in [2.45, 2.75) is 12.5 Å². The van der Waals surface area contributed by atoms with E-state index in [1.165, 1.54) is 6.08 Å². The molecule has 0 saturated carbocycles. The van der Waals surface area contributed by atoms with Gasteiger partial charge in [-0.05, 0) is 36.3 Å². The summed E-state index contributed by atoms with van der Waals surface area (Å²) in [7, 11) is 1.88. The number of nitrogens with one attached hydrogen (secondary N) is 1. The van der Waals surface area contributed by atoms with E-state index in [0.717, 1.165) is 11.3 Å². The molecule has 1 aromatic heterocycles. The topological polar surface area (TPSA) is 54.3 Å². The number of carbonyl (C=O) groups excluding carboxylic acids is 1. The maximum atomic E-state index is 11.7. The average Bonchev–Trinajstić information content (AvgIpc) is 2.92. The van der Waals surface area contributed by atoms with E-state index in [4.69, 9.17) is 11.6 Å². The van der Waals surface area contributed by atoms with Crippen molar-refractivity contribution in [1.82, 2.24) is 9.88 Å². The van der Waals surface area contributed by atoms with Crippen LogP contribution >= 0.6 is 11.6 Å². The van der Waals surface area contributed by atoms with Crippen LogP contribution in [-0.2, 0) is 11.8 Å². The number of aliphatic hydroxyl groups excluding tert-OH is 1. The predicted molar refractivity (Wildman–Crippen MR) is 88.5 cm³/mol. The monoisotopic (exact) mass is 318 g/mol. The Labute approximate surface area is 135 Å². The molecule has 0 fully saturated rings. The minimum absolute atomic E-state index is 0.209. The van der Waals surface area contributed by atoms with Crippen molar-refractivity contribution < 1.29 is 9.90 Å². The van der Waals surface area contributed by atoms with Gasteiger partial charge in [0.05, 0.1) is 6.10 Å². The first-order valence-corrected chi connectivity index (χ1v) is 7.45. The number of rotatable bonds is 6. The zero-order chi connectivity index (χ0) is 15.9. The standard InChI is InChI=1S/C17H19ClN2O2/c1-20-12-4-7-15(20)16(21)10-11-19-17(22)9-8-13-5-2-3-6-14(13)18/h2-9,12,16,21H,10-11H2,1H3,(H,19,22)/b9-8+/t16-/m0/s1. The number of hydrogen-bond donors (Lipinski definition) is 2. The van der Waals surface area contributed by atoms with E-state index in [1.54, 1.807) is 12.1 Å². The zero-order valence-corrected chi connectivity index (χ0v) is 13.1. The summed E-state index contributed by atoms with van der Waals surface area (Å²) in [6.45, 7) is 0.401. The Morgan fingerprint density at radius 3 is 2.82 bits per heavy atom. The number of aliphatic hydroxyl groups is 1. The van der Waals surface area contributed by atoms with Gasteiger partial charge in [0.15, 0.2) is 0 Å². The molecule has 0 radical (unpaired) electrons. The highest BCUT2D eigenvalue weighted by Crippen LogP contribution is 2.16. The van der Waals surface area contributed by atoms with E-state index in [1.807, 2.05) is 48.1 Å². The molecule has 1 atom stereocenters. The van der Waals surface area contributed by atoms with Crippen molar-refractivity contribution in [3.05, 3.63) is 65.0 Å². The molecule has 116 valence electrons. The van der Waals surface area contributed by atoms with E-state index < -0.39 is 6.10 Å². The average molecular weight is 319 g/mol. The van der Waals surface area contributed by atoms with E-state index in [2.05, 4.69) is 5.32 Å². The van der Waals surface area contributed by atoms with Crippen LogP contribution in [-0.4, -0.2) is 22.1 Å². The Bertz CT molecular complexity index is 664. The van der Waals surface area contributed by atoms with Crippen molar-refractivity contribution in [3.63, 3.8) is 0 Å². The quantitative estimate of drug-likeness (QED) is 0.805. The Morgan fingerprint density at radius 1 is 1.36 bits per heavy atom. The van der Waals surface area contributed by atoms with Gasteiger partial charge in [0.2, 0.25) is 5.91 Å². The van der Waals surface area contributed by atoms with Crippen LogP contribution in [0.25, 0.3) is 6.08 Å². The molecule has 1 aromatic carbocycles. The van der Waals surface area contributed by atoms with Gasteiger partial charge < -0.3 is 15.0 Å². The van der Waals surface area contributed by atoms with Crippen LogP contribution in [0.2, 0.25) is 5.02 Å². The molecule has 0 aliphatic heterocycles. The summed E-state index contributed by atoms with van der Waals surface area (Å²) in [5.74, 6) is -0.209. The van der Waals surface area contributed by atoms with Crippen molar-refractivity contribution >= 4 is 23.6 Å². The van der Waals surface area contributed by atoms with Crippen LogP contribution in [0, 0.1) is 0 Å². The summed E-state index contributed by atoms with van der Waals surface area (Å²) < 4.78 is 1.86. The minimum Gasteiger partial charge on any atom is -0.387 e. The van der Waals surface area contributed by atoms with Crippen LogP contribution in [0.4, 0.5) is 0 Å². The second kappa shape index (κ2) is 7.82. The largest absolute Gasteiger partial charge is 0.387 e. The molecule has 2 rings (SSSR count). The van der Waals surface area contributed by atoms with Gasteiger partial charge in [0, 0.05) is 36.6 Å². The van der Waals surface area contributed by atoms with E-state index in [-0.39, 0.29) is 5.91 Å². The molecule has 1 amide bonds. The molecule has 0 aliphatic carbocycles. The molecule has 5 heteroatoms. The maximum absolute atomic E-state index is 11.7. The van der Waals surface area contributed by atoms with Crippen molar-refractivity contribution in [2.24, 2.45) is 7.05 Å². The van der Waals surface area contributed by atoms with Crippen molar-refractivity contribution in [1.29, 1.82) is 0 Å². The lowest BCUT2D eigenvalue weighted by molar-refractivity contribution is -0.116. The number of carbonyl (C=O) groups is 1. The summed E-state index contributed by atoms with van der Waals surface area (Å²) in [6.07, 6.45) is 4.86. The molecular formula is C17H19ClN2O2. The molecule has 22 heavy (non-hydrogen) atoms. The Hall–Kier alpha value is -2.04. The highest BCUT2D eigenvalue weighted by Gasteiger charge is 2.10. The third-order valence-electron chi connectivity index (χ3n) is 3.36. The lowest BCUT2D eigenvalue weighted by Gasteiger charge is -2.12. The Balaban J connectivity index is 1.79. The summed E-state index contributed by atoms with van der Waals surface area (Å²) in [5, 5.41) is 13.4. The molecule has 0 unspecified atom stereocenters. The van der Waals surface area contributed by atoms with Gasteiger partial charge in [-0.1, -0.05) is 29.8 Å². The Morgan fingerprint density at radius 2 is 2.14 bits per heavy atom. The first-order valence-electron chi connectivity index (χ1n) is 7.07. The van der Waals surface area contributed by atoms with Gasteiger partial charge in [-0.15, -0.1) is 0 Å². The highest BCUT2D eigenvalue weighted by atomic mass is 35.5. The number of aryl methyl sites for hydroxylation is 1. The van der Waals surface area contributed by atoms with Gasteiger partial charge >= 0.3 is 0 Å². The fraction of sp³-hybridized carbons (Fsp3) is 0.235. The summed E-state index contributed by atoms with van der Waals surface area (Å²) in [4.78, 5) is 11.7. The third kappa shape index (κ3) is 4.48. The second-order valence-corrected chi connectivity index (χ2v) is 5.40. The van der Waals surface area contributed by atoms with Crippen LogP contribution in [0.15, 0.2) is 48.7 Å². The van der Waals surface area contributed by atoms with Gasteiger partial charge in [0.25, 0.3) is 0 Å². The lowest BCUT2D eigenvalue weighted by atomic mass is 10.2. The molecule has 0 spiro atoms. The SMILES string of the molecule is Cn1cccc1[C@@H](O)CCNC(=O)/C=C/c1ccccc1Cl. The molecular weight excluding hydrogens is 300 g/mol. The Kier molecular flexibility index (Phi) is 5.81. The summed E-state index contributed by atoms with van der Waals surface area (Å²) in [6, 6.07) is 11.1. The van der Waals surface area contributed by atoms with Crippen LogP contribution in [0.5, 0.6) is 0 Å². The first-order chi connectivity index (χ1) is 10.6. The van der Waals surface area contributed by atoms with Gasteiger partial charge in [-0.25, -0.2) is 0 Å². The highest BCUT2D eigenvalue weighted by molar-refractivity contribution is 6.32. The van der Waals surface area contributed by atoms with Crippen LogP contribution < -0.4 is 5.32 Å². The molecule has 0 saturated heterocycles. The zero-order valence-electron chi connectivity index (χ0n) is 12.4. The smallest absolute Gasteiger partial charge is 0.244 e. The fourth-order valence-electron chi connectivity index (χ4n) is 2.14.